The first kappa shape index (κ1) is 10.9. The quantitative estimate of drug-likeness (QED) is 0.593. The molecule has 0 N–H and O–H groups in total. The van der Waals surface area contributed by atoms with Gasteiger partial charge in [-0.25, -0.2) is 4.39 Å². The van der Waals surface area contributed by atoms with E-state index in [0.29, 0.717) is 0 Å². The zero-order chi connectivity index (χ0) is 9.56. The fourth-order valence-electron chi connectivity index (χ4n) is 0.734. The van der Waals surface area contributed by atoms with Gasteiger partial charge < -0.3 is 0 Å². The second-order valence-corrected chi connectivity index (χ2v) is 2.29. The molecule has 0 atom stereocenters. The maximum atomic E-state index is 12.3. The van der Waals surface area contributed by atoms with Gasteiger partial charge in [0, 0.05) is 0 Å². The normalized spacial score (nSPS) is 8.33. The lowest BCUT2D eigenvalue weighted by molar-refractivity contribution is 0.627. The van der Waals surface area contributed by atoms with E-state index in [-0.39, 0.29) is 5.82 Å². The standard InChI is InChI=1S/C9H9F.C2H6/c1-7(2)8-3-5-9(10)6-4-8;1-2/h3-6H,1H2,2H3;1-2H3. The molecule has 66 valence electrons. The third-order valence-corrected chi connectivity index (χ3v) is 1.34. The first-order valence-electron chi connectivity index (χ1n) is 4.11. The molecule has 0 heterocycles. The van der Waals surface area contributed by atoms with Gasteiger partial charge in [0.05, 0.1) is 0 Å². The summed E-state index contributed by atoms with van der Waals surface area (Å²) < 4.78 is 12.3. The molecule has 0 aromatic heterocycles. The molecule has 0 bridgehead atoms. The summed E-state index contributed by atoms with van der Waals surface area (Å²) in [5.74, 6) is -0.204. The number of benzene rings is 1. The van der Waals surface area contributed by atoms with Crippen LogP contribution in [0.3, 0.4) is 0 Å². The monoisotopic (exact) mass is 166 g/mol. The molecule has 0 nitrogen and oxygen atoms in total. The van der Waals surface area contributed by atoms with Crippen LogP contribution >= 0.6 is 0 Å². The summed E-state index contributed by atoms with van der Waals surface area (Å²) in [4.78, 5) is 0. The molecular weight excluding hydrogens is 151 g/mol. The molecule has 0 fully saturated rings. The Labute approximate surface area is 73.7 Å². The van der Waals surface area contributed by atoms with E-state index in [2.05, 4.69) is 6.58 Å². The summed E-state index contributed by atoms with van der Waals surface area (Å²) in [5.41, 5.74) is 1.95. The van der Waals surface area contributed by atoms with Crippen LogP contribution in [0.4, 0.5) is 4.39 Å². The predicted octanol–water partition coefficient (Wildman–Crippen LogP) is 3.89. The summed E-state index contributed by atoms with van der Waals surface area (Å²) in [6.45, 7) is 9.63. The molecule has 1 aromatic carbocycles. The molecule has 1 heteroatoms. The Morgan fingerprint density at radius 3 is 1.92 bits per heavy atom. The van der Waals surface area contributed by atoms with Crippen LogP contribution in [0.1, 0.15) is 26.3 Å². The van der Waals surface area contributed by atoms with E-state index in [9.17, 15) is 4.39 Å². The molecule has 0 saturated heterocycles. The lowest BCUT2D eigenvalue weighted by Gasteiger charge is -1.96. The van der Waals surface area contributed by atoms with Crippen LogP contribution in [0.2, 0.25) is 0 Å². The van der Waals surface area contributed by atoms with Crippen molar-refractivity contribution < 1.29 is 4.39 Å². The number of hydrogen-bond acceptors (Lipinski definition) is 0. The van der Waals surface area contributed by atoms with E-state index in [1.54, 1.807) is 12.1 Å². The average molecular weight is 166 g/mol. The van der Waals surface area contributed by atoms with Crippen molar-refractivity contribution in [2.24, 2.45) is 0 Å². The minimum Gasteiger partial charge on any atom is -0.207 e. The Bertz CT molecular complexity index is 234. The van der Waals surface area contributed by atoms with Gasteiger partial charge in [0.15, 0.2) is 0 Å². The number of rotatable bonds is 1. The summed E-state index contributed by atoms with van der Waals surface area (Å²) >= 11 is 0. The van der Waals surface area contributed by atoms with Crippen molar-refractivity contribution in [1.29, 1.82) is 0 Å². The van der Waals surface area contributed by atoms with Crippen molar-refractivity contribution in [3.05, 3.63) is 42.2 Å². The molecule has 0 aliphatic carbocycles. The van der Waals surface area contributed by atoms with Crippen molar-refractivity contribution >= 4 is 5.57 Å². The van der Waals surface area contributed by atoms with Gasteiger partial charge in [-0.1, -0.05) is 38.1 Å². The number of hydrogen-bond donors (Lipinski definition) is 0. The van der Waals surface area contributed by atoms with Crippen molar-refractivity contribution in [1.82, 2.24) is 0 Å². The van der Waals surface area contributed by atoms with E-state index in [0.717, 1.165) is 11.1 Å². The van der Waals surface area contributed by atoms with Crippen LogP contribution in [0, 0.1) is 5.82 Å². The largest absolute Gasteiger partial charge is 0.207 e. The van der Waals surface area contributed by atoms with Gasteiger partial charge in [0.25, 0.3) is 0 Å². The predicted molar refractivity (Wildman–Crippen MR) is 52.5 cm³/mol. The van der Waals surface area contributed by atoms with Crippen LogP contribution in [-0.4, -0.2) is 0 Å². The Morgan fingerprint density at radius 2 is 1.58 bits per heavy atom. The number of halogens is 1. The maximum absolute atomic E-state index is 12.3. The highest BCUT2D eigenvalue weighted by Gasteiger charge is 1.91. The second kappa shape index (κ2) is 5.53. The summed E-state index contributed by atoms with van der Waals surface area (Å²) in [6.07, 6.45) is 0. The van der Waals surface area contributed by atoms with E-state index in [1.165, 1.54) is 12.1 Å². The third-order valence-electron chi connectivity index (χ3n) is 1.34. The smallest absolute Gasteiger partial charge is 0.123 e. The number of allylic oxidation sites excluding steroid dienone is 1. The van der Waals surface area contributed by atoms with E-state index in [1.807, 2.05) is 20.8 Å². The summed E-state index contributed by atoms with van der Waals surface area (Å²) in [6, 6.07) is 6.31. The van der Waals surface area contributed by atoms with Crippen LogP contribution in [0.25, 0.3) is 5.57 Å². The molecule has 0 radical (unpaired) electrons. The van der Waals surface area contributed by atoms with E-state index >= 15 is 0 Å². The zero-order valence-corrected chi connectivity index (χ0v) is 7.89. The van der Waals surface area contributed by atoms with Crippen LogP contribution in [-0.2, 0) is 0 Å². The highest BCUT2D eigenvalue weighted by molar-refractivity contribution is 5.60. The van der Waals surface area contributed by atoms with Gasteiger partial charge in [-0.3, -0.25) is 0 Å². The molecule has 0 saturated carbocycles. The van der Waals surface area contributed by atoms with Gasteiger partial charge in [-0.2, -0.15) is 0 Å². The highest BCUT2D eigenvalue weighted by atomic mass is 19.1. The maximum Gasteiger partial charge on any atom is 0.123 e. The molecule has 0 unspecified atom stereocenters. The minimum atomic E-state index is -0.204. The molecule has 0 aliphatic rings. The first-order chi connectivity index (χ1) is 5.70. The topological polar surface area (TPSA) is 0 Å². The molecule has 1 rings (SSSR count). The van der Waals surface area contributed by atoms with Gasteiger partial charge in [-0.05, 0) is 24.6 Å². The molecule has 0 amide bonds. The Kier molecular flexibility index (Phi) is 5.02. The van der Waals surface area contributed by atoms with Gasteiger partial charge in [0.1, 0.15) is 5.82 Å². The molecule has 1 aromatic rings. The molecular formula is C11H15F. The minimum absolute atomic E-state index is 0.204. The Balaban J connectivity index is 0.000000561. The van der Waals surface area contributed by atoms with Crippen molar-refractivity contribution in [3.8, 4) is 0 Å². The third kappa shape index (κ3) is 3.33. The van der Waals surface area contributed by atoms with Crippen molar-refractivity contribution in [2.75, 3.05) is 0 Å². The second-order valence-electron chi connectivity index (χ2n) is 2.29. The van der Waals surface area contributed by atoms with Gasteiger partial charge in [0.2, 0.25) is 0 Å². The molecule has 0 spiro atoms. The summed E-state index contributed by atoms with van der Waals surface area (Å²) in [7, 11) is 0. The average Bonchev–Trinajstić information content (AvgIpc) is 2.09. The lowest BCUT2D eigenvalue weighted by Crippen LogP contribution is -1.77. The molecule has 0 aliphatic heterocycles. The van der Waals surface area contributed by atoms with Crippen LogP contribution < -0.4 is 0 Å². The zero-order valence-electron chi connectivity index (χ0n) is 7.89. The van der Waals surface area contributed by atoms with Gasteiger partial charge >= 0.3 is 0 Å². The van der Waals surface area contributed by atoms with Crippen molar-refractivity contribution in [3.63, 3.8) is 0 Å². The SMILES string of the molecule is C=C(C)c1ccc(F)cc1.CC. The van der Waals surface area contributed by atoms with Crippen molar-refractivity contribution in [2.45, 2.75) is 20.8 Å². The Hall–Kier alpha value is -1.11. The molecule has 12 heavy (non-hydrogen) atoms. The summed E-state index contributed by atoms with van der Waals surface area (Å²) in [5, 5.41) is 0. The fraction of sp³-hybridized carbons (Fsp3) is 0.273. The first-order valence-corrected chi connectivity index (χ1v) is 4.11. The van der Waals surface area contributed by atoms with E-state index in [4.69, 9.17) is 0 Å². The highest BCUT2D eigenvalue weighted by Crippen LogP contribution is 2.10. The van der Waals surface area contributed by atoms with E-state index < -0.39 is 0 Å². The van der Waals surface area contributed by atoms with Crippen LogP contribution in [0.15, 0.2) is 30.8 Å². The lowest BCUT2D eigenvalue weighted by atomic mass is 10.1. The van der Waals surface area contributed by atoms with Gasteiger partial charge in [-0.15, -0.1) is 0 Å². The van der Waals surface area contributed by atoms with Crippen LogP contribution in [0.5, 0.6) is 0 Å². The Morgan fingerprint density at radius 1 is 1.17 bits per heavy atom. The fourth-order valence-corrected chi connectivity index (χ4v) is 0.734.